The van der Waals surface area contributed by atoms with Gasteiger partial charge in [-0.3, -0.25) is 4.79 Å². The molecule has 2 heteroatoms. The summed E-state index contributed by atoms with van der Waals surface area (Å²) in [7, 11) is 0. The molecule has 0 aliphatic carbocycles. The fourth-order valence-corrected chi connectivity index (χ4v) is 1.03. The highest BCUT2D eigenvalue weighted by atomic mass is 16.1. The van der Waals surface area contributed by atoms with E-state index in [0.29, 0.717) is 6.42 Å². The quantitative estimate of drug-likeness (QED) is 0.622. The number of carbonyl (C=O) groups excluding carboxylic acids is 2. The van der Waals surface area contributed by atoms with Gasteiger partial charge in [0.2, 0.25) is 0 Å². The second-order valence-corrected chi connectivity index (χ2v) is 3.28. The van der Waals surface area contributed by atoms with Crippen LogP contribution in [0.2, 0.25) is 0 Å². The Labute approximate surface area is 68.0 Å². The first-order valence-corrected chi connectivity index (χ1v) is 3.95. The van der Waals surface area contributed by atoms with Gasteiger partial charge in [-0.05, 0) is 19.8 Å². The fraction of sp³-hybridized carbons (Fsp3) is 0.778. The van der Waals surface area contributed by atoms with Crippen LogP contribution in [0.4, 0.5) is 0 Å². The zero-order valence-corrected chi connectivity index (χ0v) is 7.68. The van der Waals surface area contributed by atoms with Crippen LogP contribution in [-0.2, 0) is 9.59 Å². The molecule has 64 valence electrons. The first-order valence-electron chi connectivity index (χ1n) is 3.95. The number of hydrogen-bond acceptors (Lipinski definition) is 2. The number of rotatable bonds is 4. The molecule has 0 spiro atoms. The molecule has 0 bridgehead atoms. The summed E-state index contributed by atoms with van der Waals surface area (Å²) in [6.07, 6.45) is 0.515. The van der Waals surface area contributed by atoms with Crippen LogP contribution in [-0.4, -0.2) is 11.6 Å². The monoisotopic (exact) mass is 156 g/mol. The molecule has 0 fully saturated rings. The molecule has 2 atom stereocenters. The van der Waals surface area contributed by atoms with Crippen LogP contribution < -0.4 is 0 Å². The molecular weight excluding hydrogens is 140 g/mol. The largest absolute Gasteiger partial charge is 0.300 e. The highest BCUT2D eigenvalue weighted by Crippen LogP contribution is 2.15. The van der Waals surface area contributed by atoms with Crippen LogP contribution in [0.1, 0.15) is 34.1 Å². The van der Waals surface area contributed by atoms with Crippen molar-refractivity contribution >= 4 is 11.6 Å². The van der Waals surface area contributed by atoms with Crippen molar-refractivity contribution in [2.75, 3.05) is 0 Å². The maximum Gasteiger partial charge on any atom is 0.132 e. The van der Waals surface area contributed by atoms with E-state index in [2.05, 4.69) is 0 Å². The van der Waals surface area contributed by atoms with Gasteiger partial charge in [0.25, 0.3) is 0 Å². The lowest BCUT2D eigenvalue weighted by Gasteiger charge is -2.14. The van der Waals surface area contributed by atoms with E-state index in [-0.39, 0.29) is 23.4 Å². The van der Waals surface area contributed by atoms with E-state index >= 15 is 0 Å². The molecule has 0 saturated carbocycles. The third-order valence-corrected chi connectivity index (χ3v) is 2.10. The molecular formula is C9H16O2. The van der Waals surface area contributed by atoms with E-state index in [1.165, 1.54) is 0 Å². The normalized spacial score (nSPS) is 15.6. The zero-order valence-electron chi connectivity index (χ0n) is 7.68. The average molecular weight is 156 g/mol. The number of hydrogen-bond donors (Lipinski definition) is 0. The van der Waals surface area contributed by atoms with E-state index in [0.717, 1.165) is 0 Å². The first kappa shape index (κ1) is 10.3. The lowest BCUT2D eigenvalue weighted by atomic mass is 9.89. The van der Waals surface area contributed by atoms with Crippen LogP contribution in [0.5, 0.6) is 0 Å². The molecule has 2 unspecified atom stereocenters. The van der Waals surface area contributed by atoms with Crippen LogP contribution in [0.3, 0.4) is 0 Å². The van der Waals surface area contributed by atoms with E-state index < -0.39 is 0 Å². The number of Topliss-reactive ketones (excluding diaryl/α,β-unsaturated/α-hetero) is 2. The maximum atomic E-state index is 10.9. The van der Waals surface area contributed by atoms with E-state index in [9.17, 15) is 9.59 Å². The number of carbonyl (C=O) groups is 2. The van der Waals surface area contributed by atoms with Gasteiger partial charge in [-0.25, -0.2) is 0 Å². The van der Waals surface area contributed by atoms with Crippen molar-refractivity contribution in [3.8, 4) is 0 Å². The minimum absolute atomic E-state index is 0.0129. The molecule has 0 N–H and O–H groups in total. The van der Waals surface area contributed by atoms with Crippen molar-refractivity contribution in [1.29, 1.82) is 0 Å². The molecule has 0 amide bonds. The molecule has 0 aromatic carbocycles. The van der Waals surface area contributed by atoms with Gasteiger partial charge in [0.15, 0.2) is 0 Å². The number of ketones is 2. The Kier molecular flexibility index (Phi) is 4.01. The van der Waals surface area contributed by atoms with Crippen molar-refractivity contribution in [2.24, 2.45) is 11.8 Å². The van der Waals surface area contributed by atoms with Gasteiger partial charge in [-0.2, -0.15) is 0 Å². The molecule has 2 nitrogen and oxygen atoms in total. The van der Waals surface area contributed by atoms with Crippen molar-refractivity contribution in [1.82, 2.24) is 0 Å². The molecule has 0 aliphatic heterocycles. The molecule has 0 radical (unpaired) electrons. The van der Waals surface area contributed by atoms with Gasteiger partial charge in [0.05, 0.1) is 0 Å². The predicted molar refractivity (Wildman–Crippen MR) is 44.3 cm³/mol. The van der Waals surface area contributed by atoms with Crippen LogP contribution in [0.15, 0.2) is 0 Å². The van der Waals surface area contributed by atoms with Gasteiger partial charge in [0, 0.05) is 12.3 Å². The third kappa shape index (κ3) is 3.91. The summed E-state index contributed by atoms with van der Waals surface area (Å²) in [4.78, 5) is 21.5. The molecule has 0 aromatic heterocycles. The van der Waals surface area contributed by atoms with Crippen molar-refractivity contribution in [3.63, 3.8) is 0 Å². The van der Waals surface area contributed by atoms with Crippen LogP contribution >= 0.6 is 0 Å². The topological polar surface area (TPSA) is 34.1 Å². The second kappa shape index (κ2) is 4.27. The summed E-state index contributed by atoms with van der Waals surface area (Å²) in [6, 6.07) is 0. The summed E-state index contributed by atoms with van der Waals surface area (Å²) < 4.78 is 0. The maximum absolute atomic E-state index is 10.9. The smallest absolute Gasteiger partial charge is 0.132 e. The standard InChI is InChI=1S/C9H16O2/c1-6(5-7(2)10)8(3)9(4)11/h6,8H,5H2,1-4H3. The SMILES string of the molecule is CC(=O)CC(C)C(C)C(C)=O. The van der Waals surface area contributed by atoms with Crippen LogP contribution in [0.25, 0.3) is 0 Å². The van der Waals surface area contributed by atoms with E-state index in [4.69, 9.17) is 0 Å². The minimum atomic E-state index is 0.0129. The average Bonchev–Trinajstić information content (AvgIpc) is 1.84. The molecule has 0 aliphatic rings. The van der Waals surface area contributed by atoms with Crippen LogP contribution in [0, 0.1) is 11.8 Å². The molecule has 0 saturated heterocycles. The Morgan fingerprint density at radius 1 is 1.18 bits per heavy atom. The van der Waals surface area contributed by atoms with Gasteiger partial charge in [-0.1, -0.05) is 13.8 Å². The summed E-state index contributed by atoms with van der Waals surface area (Å²) >= 11 is 0. The van der Waals surface area contributed by atoms with Crippen molar-refractivity contribution in [2.45, 2.75) is 34.1 Å². The van der Waals surface area contributed by atoms with Crippen molar-refractivity contribution < 1.29 is 9.59 Å². The second-order valence-electron chi connectivity index (χ2n) is 3.28. The minimum Gasteiger partial charge on any atom is -0.300 e. The first-order chi connectivity index (χ1) is 4.95. The van der Waals surface area contributed by atoms with Gasteiger partial charge < -0.3 is 4.79 Å². The Bertz CT molecular complexity index is 161. The molecule has 11 heavy (non-hydrogen) atoms. The van der Waals surface area contributed by atoms with E-state index in [1.54, 1.807) is 13.8 Å². The van der Waals surface area contributed by atoms with Crippen molar-refractivity contribution in [3.05, 3.63) is 0 Å². The Hall–Kier alpha value is -0.660. The van der Waals surface area contributed by atoms with E-state index in [1.807, 2.05) is 13.8 Å². The highest BCUT2D eigenvalue weighted by Gasteiger charge is 2.17. The van der Waals surface area contributed by atoms with Gasteiger partial charge >= 0.3 is 0 Å². The molecule has 0 rings (SSSR count). The fourth-order valence-electron chi connectivity index (χ4n) is 1.03. The lowest BCUT2D eigenvalue weighted by molar-refractivity contribution is -0.122. The summed E-state index contributed by atoms with van der Waals surface area (Å²) in [5.74, 6) is 0.522. The van der Waals surface area contributed by atoms with Gasteiger partial charge in [-0.15, -0.1) is 0 Å². The highest BCUT2D eigenvalue weighted by molar-refractivity contribution is 5.80. The van der Waals surface area contributed by atoms with Gasteiger partial charge in [0.1, 0.15) is 11.6 Å². The summed E-state index contributed by atoms with van der Waals surface area (Å²) in [6.45, 7) is 6.94. The Balaban J connectivity index is 3.92. The third-order valence-electron chi connectivity index (χ3n) is 2.10. The molecule has 0 heterocycles. The lowest BCUT2D eigenvalue weighted by Crippen LogP contribution is -2.18. The predicted octanol–water partition coefficient (Wildman–Crippen LogP) is 1.83. The summed E-state index contributed by atoms with van der Waals surface area (Å²) in [5.41, 5.74) is 0. The zero-order chi connectivity index (χ0) is 9.02. The Morgan fingerprint density at radius 2 is 1.64 bits per heavy atom. The Morgan fingerprint density at radius 3 is 1.91 bits per heavy atom. The molecule has 0 aromatic rings. The summed E-state index contributed by atoms with van der Waals surface area (Å²) in [5, 5.41) is 0.